The molecule has 2 aromatic rings. The van der Waals surface area contributed by atoms with Crippen molar-refractivity contribution in [3.05, 3.63) is 32.8 Å². The van der Waals surface area contributed by atoms with E-state index in [1.165, 1.54) is 6.07 Å². The quantitative estimate of drug-likeness (QED) is 0.898. The molecule has 9 heteroatoms. The fraction of sp³-hybridized carbons (Fsp3) is 0.222. The van der Waals surface area contributed by atoms with Crippen LogP contribution in [-0.2, 0) is 23.6 Å². The first-order valence-corrected chi connectivity index (χ1v) is 8.27. The summed E-state index contributed by atoms with van der Waals surface area (Å²) in [4.78, 5) is 0. The number of thiophene rings is 1. The van der Waals surface area contributed by atoms with Crippen LogP contribution in [0.15, 0.2) is 26.5 Å². The van der Waals surface area contributed by atoms with Crippen molar-refractivity contribution in [3.8, 4) is 0 Å². The van der Waals surface area contributed by atoms with Gasteiger partial charge in [-0.1, -0.05) is 11.6 Å². The standard InChI is InChI=1S/C9H9BrClN3O2S2/c1-14-5-6(3-12-14)4-13-18(15,16)8-2-7(11)9(10)17-8/h2-3,5,13H,4H2,1H3. The Morgan fingerprint density at radius 1 is 1.61 bits per heavy atom. The van der Waals surface area contributed by atoms with E-state index >= 15 is 0 Å². The molecule has 0 atom stereocenters. The number of sulfonamides is 1. The van der Waals surface area contributed by atoms with Gasteiger partial charge in [-0.2, -0.15) is 5.10 Å². The van der Waals surface area contributed by atoms with Crippen LogP contribution < -0.4 is 4.72 Å². The second-order valence-corrected chi connectivity index (χ2v) is 8.30. The number of aryl methyl sites for hydroxylation is 1. The van der Waals surface area contributed by atoms with Crippen molar-refractivity contribution in [2.75, 3.05) is 0 Å². The predicted molar refractivity (Wildman–Crippen MR) is 74.3 cm³/mol. The number of nitrogens with one attached hydrogen (secondary N) is 1. The van der Waals surface area contributed by atoms with E-state index in [0.717, 1.165) is 16.9 Å². The number of hydrogen-bond donors (Lipinski definition) is 1. The van der Waals surface area contributed by atoms with Gasteiger partial charge in [-0.05, 0) is 22.0 Å². The highest BCUT2D eigenvalue weighted by Gasteiger charge is 2.18. The lowest BCUT2D eigenvalue weighted by atomic mass is 10.4. The Morgan fingerprint density at radius 3 is 2.83 bits per heavy atom. The molecule has 2 rings (SSSR count). The molecule has 0 aromatic carbocycles. The van der Waals surface area contributed by atoms with E-state index in [9.17, 15) is 8.42 Å². The molecule has 0 bridgehead atoms. The summed E-state index contributed by atoms with van der Waals surface area (Å²) >= 11 is 10.1. The van der Waals surface area contributed by atoms with Gasteiger partial charge in [0.05, 0.1) is 15.0 Å². The monoisotopic (exact) mass is 369 g/mol. The molecule has 2 heterocycles. The molecule has 0 unspecified atom stereocenters. The number of nitrogens with zero attached hydrogens (tertiary/aromatic N) is 2. The smallest absolute Gasteiger partial charge is 0.250 e. The van der Waals surface area contributed by atoms with E-state index in [-0.39, 0.29) is 10.8 Å². The Morgan fingerprint density at radius 2 is 2.33 bits per heavy atom. The first-order valence-electron chi connectivity index (χ1n) is 4.80. The van der Waals surface area contributed by atoms with Gasteiger partial charge in [-0.25, -0.2) is 13.1 Å². The van der Waals surface area contributed by atoms with Gasteiger partial charge in [-0.15, -0.1) is 11.3 Å². The summed E-state index contributed by atoms with van der Waals surface area (Å²) in [5.74, 6) is 0. The van der Waals surface area contributed by atoms with Gasteiger partial charge in [0.15, 0.2) is 0 Å². The first-order chi connectivity index (χ1) is 8.38. The van der Waals surface area contributed by atoms with Crippen LogP contribution in [0, 0.1) is 0 Å². The van der Waals surface area contributed by atoms with Gasteiger partial charge in [-0.3, -0.25) is 4.68 Å². The minimum Gasteiger partial charge on any atom is -0.275 e. The minimum absolute atomic E-state index is 0.184. The van der Waals surface area contributed by atoms with Crippen molar-refractivity contribution in [3.63, 3.8) is 0 Å². The molecule has 1 N–H and O–H groups in total. The maximum atomic E-state index is 12.0. The number of rotatable bonds is 4. The van der Waals surface area contributed by atoms with Crippen molar-refractivity contribution in [2.45, 2.75) is 10.8 Å². The number of aromatic nitrogens is 2. The van der Waals surface area contributed by atoms with Gasteiger partial charge >= 0.3 is 0 Å². The zero-order valence-electron chi connectivity index (χ0n) is 9.22. The van der Waals surface area contributed by atoms with Crippen LogP contribution in [-0.4, -0.2) is 18.2 Å². The van der Waals surface area contributed by atoms with Crippen LogP contribution in [0.1, 0.15) is 5.56 Å². The Kier molecular flexibility index (Phi) is 4.12. The summed E-state index contributed by atoms with van der Waals surface area (Å²) in [6, 6.07) is 1.42. The lowest BCUT2D eigenvalue weighted by Gasteiger charge is -2.02. The summed E-state index contributed by atoms with van der Waals surface area (Å²) in [5, 5.41) is 4.35. The topological polar surface area (TPSA) is 64.0 Å². The van der Waals surface area contributed by atoms with Gasteiger partial charge in [0.1, 0.15) is 4.21 Å². The molecule has 0 amide bonds. The molecular weight excluding hydrogens is 362 g/mol. The highest BCUT2D eigenvalue weighted by molar-refractivity contribution is 9.11. The summed E-state index contributed by atoms with van der Waals surface area (Å²) in [6.07, 6.45) is 3.36. The molecule has 0 radical (unpaired) electrons. The van der Waals surface area contributed by atoms with Gasteiger partial charge in [0.25, 0.3) is 0 Å². The van der Waals surface area contributed by atoms with E-state index in [2.05, 4.69) is 25.8 Å². The summed E-state index contributed by atoms with van der Waals surface area (Å²) in [6.45, 7) is 0.198. The number of hydrogen-bond acceptors (Lipinski definition) is 4. The Balaban J connectivity index is 2.12. The third kappa shape index (κ3) is 3.12. The van der Waals surface area contributed by atoms with Crippen molar-refractivity contribution in [1.82, 2.24) is 14.5 Å². The van der Waals surface area contributed by atoms with Crippen LogP contribution in [0.3, 0.4) is 0 Å². The SMILES string of the molecule is Cn1cc(CNS(=O)(=O)c2cc(Cl)c(Br)s2)cn1. The van der Waals surface area contributed by atoms with Crippen molar-refractivity contribution in [1.29, 1.82) is 0 Å². The molecule has 0 aliphatic rings. The predicted octanol–water partition coefficient (Wildman–Crippen LogP) is 2.38. The normalized spacial score (nSPS) is 11.9. The minimum atomic E-state index is -3.53. The maximum absolute atomic E-state index is 12.0. The van der Waals surface area contributed by atoms with Gasteiger partial charge < -0.3 is 0 Å². The molecule has 2 aromatic heterocycles. The van der Waals surface area contributed by atoms with Crippen LogP contribution in [0.25, 0.3) is 0 Å². The third-order valence-corrected chi connectivity index (χ3v) is 6.46. The van der Waals surface area contributed by atoms with Crippen LogP contribution in [0.2, 0.25) is 5.02 Å². The van der Waals surface area contributed by atoms with E-state index in [4.69, 9.17) is 11.6 Å². The van der Waals surface area contributed by atoms with Crippen molar-refractivity contribution >= 4 is 48.9 Å². The van der Waals surface area contributed by atoms with Crippen LogP contribution >= 0.6 is 38.9 Å². The second kappa shape index (κ2) is 5.30. The summed E-state index contributed by atoms with van der Waals surface area (Å²) < 4.78 is 28.8. The van der Waals surface area contributed by atoms with E-state index in [0.29, 0.717) is 8.81 Å². The lowest BCUT2D eigenvalue weighted by Crippen LogP contribution is -2.22. The molecule has 0 fully saturated rings. The Labute approximate surface area is 122 Å². The van der Waals surface area contributed by atoms with E-state index < -0.39 is 10.0 Å². The molecule has 5 nitrogen and oxygen atoms in total. The van der Waals surface area contributed by atoms with Gasteiger partial charge in [0, 0.05) is 25.4 Å². The van der Waals surface area contributed by atoms with E-state index in [1.54, 1.807) is 24.1 Å². The van der Waals surface area contributed by atoms with Crippen molar-refractivity contribution in [2.24, 2.45) is 7.05 Å². The number of halogens is 2. The molecule has 18 heavy (non-hydrogen) atoms. The zero-order valence-corrected chi connectivity index (χ0v) is 13.2. The average Bonchev–Trinajstić information content (AvgIpc) is 2.84. The molecule has 0 saturated heterocycles. The van der Waals surface area contributed by atoms with Crippen molar-refractivity contribution < 1.29 is 8.42 Å². The van der Waals surface area contributed by atoms with Crippen LogP contribution in [0.4, 0.5) is 0 Å². The highest BCUT2D eigenvalue weighted by Crippen LogP contribution is 2.34. The first kappa shape index (κ1) is 14.0. The fourth-order valence-electron chi connectivity index (χ4n) is 1.27. The molecule has 0 saturated carbocycles. The second-order valence-electron chi connectivity index (χ2n) is 3.53. The highest BCUT2D eigenvalue weighted by atomic mass is 79.9. The largest absolute Gasteiger partial charge is 0.275 e. The summed E-state index contributed by atoms with van der Waals surface area (Å²) in [5.41, 5.74) is 0.794. The van der Waals surface area contributed by atoms with Crippen LogP contribution in [0.5, 0.6) is 0 Å². The molecular formula is C9H9BrClN3O2S2. The zero-order chi connectivity index (χ0) is 13.3. The fourth-order valence-corrected chi connectivity index (χ4v) is 4.73. The van der Waals surface area contributed by atoms with Gasteiger partial charge in [0.2, 0.25) is 10.0 Å². The Hall–Kier alpha value is -0.410. The summed E-state index contributed by atoms with van der Waals surface area (Å²) in [7, 11) is -1.76. The molecule has 0 aliphatic carbocycles. The molecule has 0 aliphatic heterocycles. The molecule has 98 valence electrons. The maximum Gasteiger partial charge on any atom is 0.250 e. The lowest BCUT2D eigenvalue weighted by molar-refractivity contribution is 0.583. The third-order valence-electron chi connectivity index (χ3n) is 2.11. The Bertz CT molecular complexity index is 646. The van der Waals surface area contributed by atoms with E-state index in [1.807, 2.05) is 0 Å². The average molecular weight is 371 g/mol. The molecule has 0 spiro atoms.